The number of nitrogens with zero attached hydrogens (tertiary/aromatic N) is 4. The van der Waals surface area contributed by atoms with Crippen molar-refractivity contribution in [3.63, 3.8) is 0 Å². The average molecular weight is 222 g/mol. The number of fused-ring (bicyclic) bond motifs is 4. The molecule has 5 heteroatoms. The van der Waals surface area contributed by atoms with Crippen molar-refractivity contribution in [1.29, 1.82) is 0 Å². The van der Waals surface area contributed by atoms with Crippen LogP contribution in [0, 0.1) is 0 Å². The fourth-order valence-electron chi connectivity index (χ4n) is 1.92. The lowest BCUT2D eigenvalue weighted by Crippen LogP contribution is -1.84. The van der Waals surface area contributed by atoms with Crippen LogP contribution in [0.3, 0.4) is 0 Å². The maximum atomic E-state index is 5.63. The standard InChI is InChI=1S/C12H6N4O/c1-2-10-11(14-3-1)7-4-8-9(5-13-6-15-8)16-12(7)17-10/h1-6H. The Morgan fingerprint density at radius 3 is 3.12 bits per heavy atom. The van der Waals surface area contributed by atoms with Crippen molar-refractivity contribution in [1.82, 2.24) is 19.9 Å². The minimum absolute atomic E-state index is 0.570. The van der Waals surface area contributed by atoms with Crippen LogP contribution in [0.15, 0.2) is 41.3 Å². The first-order valence-corrected chi connectivity index (χ1v) is 5.16. The molecule has 0 radical (unpaired) electrons. The lowest BCUT2D eigenvalue weighted by molar-refractivity contribution is 0.655. The van der Waals surface area contributed by atoms with Gasteiger partial charge in [0.15, 0.2) is 5.58 Å². The highest BCUT2D eigenvalue weighted by Crippen LogP contribution is 2.27. The van der Waals surface area contributed by atoms with Crippen LogP contribution in [-0.4, -0.2) is 19.9 Å². The van der Waals surface area contributed by atoms with Gasteiger partial charge in [0.05, 0.1) is 17.1 Å². The molecule has 80 valence electrons. The van der Waals surface area contributed by atoms with Gasteiger partial charge in [0.1, 0.15) is 17.4 Å². The van der Waals surface area contributed by atoms with E-state index in [9.17, 15) is 0 Å². The Balaban J connectivity index is 2.28. The lowest BCUT2D eigenvalue weighted by atomic mass is 10.2. The topological polar surface area (TPSA) is 64.7 Å². The summed E-state index contributed by atoms with van der Waals surface area (Å²) in [6, 6.07) is 5.64. The summed E-state index contributed by atoms with van der Waals surface area (Å²) in [5, 5.41) is 0.881. The molecule has 0 atom stereocenters. The summed E-state index contributed by atoms with van der Waals surface area (Å²) in [5.41, 5.74) is 3.63. The summed E-state index contributed by atoms with van der Waals surface area (Å²) >= 11 is 0. The fourth-order valence-corrected chi connectivity index (χ4v) is 1.92. The number of pyridine rings is 2. The van der Waals surface area contributed by atoms with E-state index in [0.29, 0.717) is 5.71 Å². The predicted molar refractivity (Wildman–Crippen MR) is 62.4 cm³/mol. The molecule has 4 aromatic rings. The van der Waals surface area contributed by atoms with E-state index in [4.69, 9.17) is 4.42 Å². The highest BCUT2D eigenvalue weighted by atomic mass is 16.3. The van der Waals surface area contributed by atoms with Gasteiger partial charge in [-0.2, -0.15) is 0 Å². The second-order valence-electron chi connectivity index (χ2n) is 3.72. The van der Waals surface area contributed by atoms with Crippen molar-refractivity contribution in [3.8, 4) is 0 Å². The van der Waals surface area contributed by atoms with Crippen LogP contribution in [0.4, 0.5) is 0 Å². The number of furan rings is 1. The molecule has 0 aromatic carbocycles. The largest absolute Gasteiger partial charge is 0.436 e. The van der Waals surface area contributed by atoms with Crippen molar-refractivity contribution in [2.75, 3.05) is 0 Å². The van der Waals surface area contributed by atoms with Gasteiger partial charge in [-0.25, -0.2) is 15.0 Å². The van der Waals surface area contributed by atoms with Crippen molar-refractivity contribution >= 4 is 33.2 Å². The zero-order valence-corrected chi connectivity index (χ0v) is 8.66. The monoisotopic (exact) mass is 222 g/mol. The summed E-state index contributed by atoms with van der Waals surface area (Å²) in [6.45, 7) is 0. The Hall–Kier alpha value is -2.56. The first kappa shape index (κ1) is 8.58. The maximum Gasteiger partial charge on any atom is 0.229 e. The van der Waals surface area contributed by atoms with Gasteiger partial charge < -0.3 is 4.42 Å². The van der Waals surface area contributed by atoms with Crippen LogP contribution in [0.1, 0.15) is 0 Å². The molecule has 4 aromatic heterocycles. The Morgan fingerprint density at radius 1 is 1.12 bits per heavy atom. The van der Waals surface area contributed by atoms with E-state index in [0.717, 1.165) is 27.5 Å². The molecule has 0 aliphatic rings. The second-order valence-corrected chi connectivity index (χ2v) is 3.72. The fraction of sp³-hybridized carbons (Fsp3) is 0. The molecule has 4 rings (SSSR count). The number of rotatable bonds is 0. The van der Waals surface area contributed by atoms with Crippen LogP contribution in [0.5, 0.6) is 0 Å². The molecule has 0 aliphatic heterocycles. The predicted octanol–water partition coefficient (Wildman–Crippen LogP) is 2.32. The quantitative estimate of drug-likeness (QED) is 0.456. The van der Waals surface area contributed by atoms with Crippen molar-refractivity contribution in [3.05, 3.63) is 36.9 Å². The summed E-state index contributed by atoms with van der Waals surface area (Å²) in [7, 11) is 0. The molecule has 0 fully saturated rings. The normalized spacial score (nSPS) is 11.5. The van der Waals surface area contributed by atoms with E-state index >= 15 is 0 Å². The number of aromatic nitrogens is 4. The van der Waals surface area contributed by atoms with Crippen LogP contribution < -0.4 is 0 Å². The number of hydrogen-bond acceptors (Lipinski definition) is 5. The van der Waals surface area contributed by atoms with Gasteiger partial charge in [0, 0.05) is 6.20 Å². The van der Waals surface area contributed by atoms with Crippen LogP contribution in [0.25, 0.3) is 33.2 Å². The Bertz CT molecular complexity index is 847. The van der Waals surface area contributed by atoms with E-state index in [1.54, 1.807) is 12.4 Å². The molecular formula is C12H6N4O. The van der Waals surface area contributed by atoms with Crippen LogP contribution in [-0.2, 0) is 0 Å². The van der Waals surface area contributed by atoms with Gasteiger partial charge in [-0.3, -0.25) is 4.98 Å². The average Bonchev–Trinajstić information content (AvgIpc) is 2.73. The van der Waals surface area contributed by atoms with E-state index in [-0.39, 0.29) is 0 Å². The highest BCUT2D eigenvalue weighted by molar-refractivity contribution is 6.04. The van der Waals surface area contributed by atoms with E-state index < -0.39 is 0 Å². The molecule has 0 saturated carbocycles. The van der Waals surface area contributed by atoms with E-state index in [1.165, 1.54) is 6.33 Å². The van der Waals surface area contributed by atoms with Gasteiger partial charge in [-0.15, -0.1) is 0 Å². The third-order valence-electron chi connectivity index (χ3n) is 2.69. The lowest BCUT2D eigenvalue weighted by Gasteiger charge is -1.93. The first-order valence-electron chi connectivity index (χ1n) is 5.16. The molecule has 0 unspecified atom stereocenters. The van der Waals surface area contributed by atoms with Crippen molar-refractivity contribution in [2.45, 2.75) is 0 Å². The molecule has 4 heterocycles. The molecular weight excluding hydrogens is 216 g/mol. The summed E-state index contributed by atoms with van der Waals surface area (Å²) in [5.74, 6) is 0. The minimum Gasteiger partial charge on any atom is -0.436 e. The molecule has 0 bridgehead atoms. The molecule has 0 N–H and O–H groups in total. The molecule has 0 spiro atoms. The van der Waals surface area contributed by atoms with Crippen LogP contribution in [0.2, 0.25) is 0 Å². The highest BCUT2D eigenvalue weighted by Gasteiger charge is 2.10. The van der Waals surface area contributed by atoms with Gasteiger partial charge in [-0.05, 0) is 18.2 Å². The van der Waals surface area contributed by atoms with Gasteiger partial charge in [0.25, 0.3) is 0 Å². The second kappa shape index (κ2) is 2.98. The maximum absolute atomic E-state index is 5.63. The zero-order chi connectivity index (χ0) is 11.2. The summed E-state index contributed by atoms with van der Waals surface area (Å²) in [4.78, 5) is 16.8. The minimum atomic E-state index is 0.570. The number of hydrogen-bond donors (Lipinski definition) is 0. The molecule has 17 heavy (non-hydrogen) atoms. The third-order valence-corrected chi connectivity index (χ3v) is 2.69. The molecule has 0 amide bonds. The molecule has 0 saturated heterocycles. The van der Waals surface area contributed by atoms with Crippen LogP contribution >= 0.6 is 0 Å². The van der Waals surface area contributed by atoms with Crippen molar-refractivity contribution < 1.29 is 4.42 Å². The molecule has 5 nitrogen and oxygen atoms in total. The van der Waals surface area contributed by atoms with E-state index in [1.807, 2.05) is 18.2 Å². The van der Waals surface area contributed by atoms with E-state index in [2.05, 4.69) is 19.9 Å². The first-order chi connectivity index (χ1) is 8.42. The van der Waals surface area contributed by atoms with Crippen molar-refractivity contribution in [2.24, 2.45) is 0 Å². The smallest absolute Gasteiger partial charge is 0.229 e. The molecule has 0 aliphatic carbocycles. The SMILES string of the molecule is c1cnc2c(c1)oc1nc3cncnc3cc12. The third kappa shape index (κ3) is 1.13. The van der Waals surface area contributed by atoms with Gasteiger partial charge in [-0.1, -0.05) is 0 Å². The Labute approximate surface area is 95.1 Å². The van der Waals surface area contributed by atoms with Gasteiger partial charge >= 0.3 is 0 Å². The zero-order valence-electron chi connectivity index (χ0n) is 8.66. The van der Waals surface area contributed by atoms with Gasteiger partial charge in [0.2, 0.25) is 5.71 Å². The summed E-state index contributed by atoms with van der Waals surface area (Å²) in [6.07, 6.45) is 4.91. The Morgan fingerprint density at radius 2 is 2.12 bits per heavy atom. The Kier molecular flexibility index (Phi) is 1.50. The summed E-state index contributed by atoms with van der Waals surface area (Å²) < 4.78 is 5.63.